The van der Waals surface area contributed by atoms with E-state index in [1.807, 2.05) is 6.07 Å². The molecule has 1 aromatic heterocycles. The summed E-state index contributed by atoms with van der Waals surface area (Å²) in [6.45, 7) is 1.75. The summed E-state index contributed by atoms with van der Waals surface area (Å²) >= 11 is 4.59. The highest BCUT2D eigenvalue weighted by Crippen LogP contribution is 2.31. The molecule has 15 heavy (non-hydrogen) atoms. The molecule has 1 rings (SSSR count). The number of halogens is 1. The molecule has 1 heterocycles. The second-order valence-electron chi connectivity index (χ2n) is 2.79. The minimum atomic E-state index is -0.382. The van der Waals surface area contributed by atoms with Crippen LogP contribution in [0.3, 0.4) is 0 Å². The molecule has 0 aliphatic heterocycles. The van der Waals surface area contributed by atoms with E-state index in [0.717, 1.165) is 5.01 Å². The summed E-state index contributed by atoms with van der Waals surface area (Å²) in [7, 11) is 1.34. The molecule has 1 atom stereocenters. The van der Waals surface area contributed by atoms with Crippen LogP contribution in [0.1, 0.15) is 31.6 Å². The zero-order chi connectivity index (χ0) is 11.4. The number of aryl methyl sites for hydroxylation is 1. The summed E-state index contributed by atoms with van der Waals surface area (Å²) in [6.07, 6.45) is 0.327. The molecule has 1 aromatic rings. The van der Waals surface area contributed by atoms with Gasteiger partial charge in [0.05, 0.1) is 30.1 Å². The molecule has 0 aromatic carbocycles. The van der Waals surface area contributed by atoms with Crippen LogP contribution in [0.5, 0.6) is 0 Å². The number of hydrogen-bond donors (Lipinski definition) is 0. The van der Waals surface area contributed by atoms with Gasteiger partial charge in [0, 0.05) is 0 Å². The number of thiazole rings is 1. The molecule has 0 N–H and O–H groups in total. The first-order chi connectivity index (χ1) is 7.10. The normalized spacial score (nSPS) is 11.9. The minimum absolute atomic E-state index is 0.121. The number of rotatable bonds is 3. The Bertz CT molecular complexity index is 411. The zero-order valence-corrected chi connectivity index (χ0v) is 10.7. The van der Waals surface area contributed by atoms with Crippen molar-refractivity contribution in [1.82, 2.24) is 4.98 Å². The van der Waals surface area contributed by atoms with E-state index in [2.05, 4.69) is 25.7 Å². The van der Waals surface area contributed by atoms with Gasteiger partial charge < -0.3 is 4.74 Å². The maximum absolute atomic E-state index is 11.3. The second-order valence-corrected chi connectivity index (χ2v) is 4.92. The Morgan fingerprint density at radius 3 is 3.00 bits per heavy atom. The smallest absolute Gasteiger partial charge is 0.349 e. The van der Waals surface area contributed by atoms with Gasteiger partial charge >= 0.3 is 5.97 Å². The Morgan fingerprint density at radius 1 is 1.80 bits per heavy atom. The van der Waals surface area contributed by atoms with E-state index in [4.69, 9.17) is 5.26 Å². The first-order valence-electron chi connectivity index (χ1n) is 4.16. The lowest BCUT2D eigenvalue weighted by molar-refractivity contribution is 0.0605. The zero-order valence-electron chi connectivity index (χ0n) is 8.28. The Balaban J connectivity index is 2.96. The SMILES string of the molecule is COC(=O)c1sc(C(Br)CC#N)nc1C. The van der Waals surface area contributed by atoms with Gasteiger partial charge in [0.2, 0.25) is 0 Å². The Labute approximate surface area is 100 Å². The average molecular weight is 289 g/mol. The lowest BCUT2D eigenvalue weighted by Gasteiger charge is -1.97. The second kappa shape index (κ2) is 5.24. The van der Waals surface area contributed by atoms with E-state index in [1.165, 1.54) is 18.4 Å². The summed E-state index contributed by atoms with van der Waals surface area (Å²) < 4.78 is 4.62. The molecular formula is C9H9BrN2O2S. The number of hydrogen-bond acceptors (Lipinski definition) is 5. The van der Waals surface area contributed by atoms with Crippen LogP contribution in [0.25, 0.3) is 0 Å². The van der Waals surface area contributed by atoms with Gasteiger partial charge in [-0.1, -0.05) is 15.9 Å². The molecule has 0 aliphatic rings. The lowest BCUT2D eigenvalue weighted by atomic mass is 10.3. The highest BCUT2D eigenvalue weighted by atomic mass is 79.9. The number of esters is 1. The molecule has 0 spiro atoms. The van der Waals surface area contributed by atoms with Crippen molar-refractivity contribution in [3.05, 3.63) is 15.6 Å². The summed E-state index contributed by atoms with van der Waals surface area (Å²) in [5.41, 5.74) is 0.643. The molecule has 0 fully saturated rings. The summed E-state index contributed by atoms with van der Waals surface area (Å²) in [5, 5.41) is 9.27. The number of ether oxygens (including phenoxy) is 1. The third-order valence-electron chi connectivity index (χ3n) is 1.72. The fourth-order valence-electron chi connectivity index (χ4n) is 1.00. The van der Waals surface area contributed by atoms with Crippen LogP contribution in [0.2, 0.25) is 0 Å². The van der Waals surface area contributed by atoms with Crippen molar-refractivity contribution in [2.75, 3.05) is 7.11 Å². The van der Waals surface area contributed by atoms with E-state index in [9.17, 15) is 4.79 Å². The topological polar surface area (TPSA) is 63.0 Å². The third-order valence-corrected chi connectivity index (χ3v) is 4.03. The van der Waals surface area contributed by atoms with Gasteiger partial charge in [0.1, 0.15) is 9.88 Å². The third kappa shape index (κ3) is 2.76. The Morgan fingerprint density at radius 2 is 2.47 bits per heavy atom. The molecule has 1 unspecified atom stereocenters. The quantitative estimate of drug-likeness (QED) is 0.633. The van der Waals surface area contributed by atoms with Gasteiger partial charge in [-0.25, -0.2) is 9.78 Å². The molecule has 0 amide bonds. The number of carbonyl (C=O) groups excluding carboxylic acids is 1. The summed E-state index contributed by atoms with van der Waals surface area (Å²) in [6, 6.07) is 2.04. The molecule has 0 saturated carbocycles. The van der Waals surface area contributed by atoms with Crippen LogP contribution in [0, 0.1) is 18.3 Å². The number of nitrogens with zero attached hydrogens (tertiary/aromatic N) is 2. The molecular weight excluding hydrogens is 280 g/mol. The lowest BCUT2D eigenvalue weighted by Crippen LogP contribution is -1.99. The van der Waals surface area contributed by atoms with Crippen LogP contribution < -0.4 is 0 Å². The predicted molar refractivity (Wildman–Crippen MR) is 60.1 cm³/mol. The Kier molecular flexibility index (Phi) is 4.24. The highest BCUT2D eigenvalue weighted by molar-refractivity contribution is 9.09. The van der Waals surface area contributed by atoms with Gasteiger partial charge in [0.25, 0.3) is 0 Å². The summed E-state index contributed by atoms with van der Waals surface area (Å²) in [5.74, 6) is -0.382. The van der Waals surface area contributed by atoms with Gasteiger partial charge in [0.15, 0.2) is 0 Å². The van der Waals surface area contributed by atoms with Crippen LogP contribution in [-0.2, 0) is 4.74 Å². The van der Waals surface area contributed by atoms with Gasteiger partial charge in [-0.15, -0.1) is 11.3 Å². The van der Waals surface area contributed by atoms with Gasteiger partial charge in [-0.05, 0) is 6.92 Å². The standard InChI is InChI=1S/C9H9BrN2O2S/c1-5-7(9(13)14-2)15-8(12-5)6(10)3-4-11/h6H,3H2,1-2H3. The fourth-order valence-corrected chi connectivity index (χ4v) is 2.49. The monoisotopic (exact) mass is 288 g/mol. The van der Waals surface area contributed by atoms with Crippen molar-refractivity contribution in [1.29, 1.82) is 5.26 Å². The molecule has 4 nitrogen and oxygen atoms in total. The van der Waals surface area contributed by atoms with Gasteiger partial charge in [-0.3, -0.25) is 0 Å². The number of alkyl halides is 1. The van der Waals surface area contributed by atoms with E-state index in [0.29, 0.717) is 17.0 Å². The van der Waals surface area contributed by atoms with Crippen LogP contribution >= 0.6 is 27.3 Å². The van der Waals surface area contributed by atoms with Crippen molar-refractivity contribution in [2.45, 2.75) is 18.2 Å². The average Bonchev–Trinajstić information content (AvgIpc) is 2.60. The molecule has 80 valence electrons. The summed E-state index contributed by atoms with van der Waals surface area (Å²) in [4.78, 5) is 15.9. The largest absolute Gasteiger partial charge is 0.465 e. The maximum Gasteiger partial charge on any atom is 0.349 e. The molecule has 6 heteroatoms. The van der Waals surface area contributed by atoms with Crippen molar-refractivity contribution in [3.63, 3.8) is 0 Å². The number of aromatic nitrogens is 1. The predicted octanol–water partition coefficient (Wildman–Crippen LogP) is 2.59. The molecule has 0 bridgehead atoms. The number of nitriles is 1. The first-order valence-corrected chi connectivity index (χ1v) is 5.90. The van der Waals surface area contributed by atoms with Crippen molar-refractivity contribution < 1.29 is 9.53 Å². The molecule has 0 radical (unpaired) electrons. The highest BCUT2D eigenvalue weighted by Gasteiger charge is 2.19. The van der Waals surface area contributed by atoms with Crippen LogP contribution in [-0.4, -0.2) is 18.1 Å². The first kappa shape index (κ1) is 12.1. The fraction of sp³-hybridized carbons (Fsp3) is 0.444. The molecule has 0 saturated heterocycles. The van der Waals surface area contributed by atoms with Crippen molar-refractivity contribution >= 4 is 33.2 Å². The number of methoxy groups -OCH3 is 1. The molecule has 0 aliphatic carbocycles. The van der Waals surface area contributed by atoms with E-state index < -0.39 is 0 Å². The van der Waals surface area contributed by atoms with E-state index in [-0.39, 0.29) is 10.8 Å². The van der Waals surface area contributed by atoms with Crippen LogP contribution in [0.15, 0.2) is 0 Å². The number of carbonyl (C=O) groups is 1. The van der Waals surface area contributed by atoms with Gasteiger partial charge in [-0.2, -0.15) is 5.26 Å². The van der Waals surface area contributed by atoms with Crippen LogP contribution in [0.4, 0.5) is 0 Å². The van der Waals surface area contributed by atoms with Crippen molar-refractivity contribution in [3.8, 4) is 6.07 Å². The van der Waals surface area contributed by atoms with E-state index in [1.54, 1.807) is 6.92 Å². The Hall–Kier alpha value is -0.930. The minimum Gasteiger partial charge on any atom is -0.465 e. The van der Waals surface area contributed by atoms with Crippen molar-refractivity contribution in [2.24, 2.45) is 0 Å². The van der Waals surface area contributed by atoms with E-state index >= 15 is 0 Å². The maximum atomic E-state index is 11.3.